The fourth-order valence-electron chi connectivity index (χ4n) is 1.38. The lowest BCUT2D eigenvalue weighted by Crippen LogP contribution is -2.30. The summed E-state index contributed by atoms with van der Waals surface area (Å²) in [6, 6.07) is 7.31. The summed E-state index contributed by atoms with van der Waals surface area (Å²) in [4.78, 5) is 11.6. The molecule has 0 fully saturated rings. The maximum atomic E-state index is 11.6. The molecule has 2 aromatic heterocycles. The fraction of sp³-hybridized carbons (Fsp3) is 0.273. The third-order valence-corrected chi connectivity index (χ3v) is 2.16. The maximum Gasteiger partial charge on any atom is 0.271 e. The summed E-state index contributed by atoms with van der Waals surface area (Å²) in [5.41, 5.74) is 1.22. The van der Waals surface area contributed by atoms with Crippen LogP contribution in [-0.4, -0.2) is 33.3 Å². The van der Waals surface area contributed by atoms with Gasteiger partial charge >= 0.3 is 0 Å². The minimum atomic E-state index is -0.555. The number of aromatic nitrogens is 2. The van der Waals surface area contributed by atoms with E-state index in [-0.39, 0.29) is 12.5 Å². The Morgan fingerprint density at radius 2 is 2.44 bits per heavy atom. The molecule has 0 aromatic carbocycles. The molecule has 16 heavy (non-hydrogen) atoms. The SMILES string of the molecule is CC(O)CNC(=O)c1cc2ccccn2n1. The van der Waals surface area contributed by atoms with Gasteiger partial charge in [0.2, 0.25) is 0 Å². The van der Waals surface area contributed by atoms with Crippen molar-refractivity contribution in [3.63, 3.8) is 0 Å². The summed E-state index contributed by atoms with van der Waals surface area (Å²) < 4.78 is 1.64. The summed E-state index contributed by atoms with van der Waals surface area (Å²) in [5, 5.41) is 15.8. The largest absolute Gasteiger partial charge is 0.392 e. The Balaban J connectivity index is 2.17. The van der Waals surface area contributed by atoms with Crippen molar-refractivity contribution in [3.05, 3.63) is 36.2 Å². The topological polar surface area (TPSA) is 66.6 Å². The number of carbonyl (C=O) groups is 1. The number of hydrogen-bond acceptors (Lipinski definition) is 3. The highest BCUT2D eigenvalue weighted by Crippen LogP contribution is 2.05. The van der Waals surface area contributed by atoms with Gasteiger partial charge in [-0.1, -0.05) is 6.07 Å². The summed E-state index contributed by atoms with van der Waals surface area (Å²) in [7, 11) is 0. The van der Waals surface area contributed by atoms with Crippen LogP contribution < -0.4 is 5.32 Å². The van der Waals surface area contributed by atoms with E-state index in [2.05, 4.69) is 10.4 Å². The minimum absolute atomic E-state index is 0.229. The van der Waals surface area contributed by atoms with E-state index in [1.54, 1.807) is 23.7 Å². The monoisotopic (exact) mass is 219 g/mol. The Morgan fingerprint density at radius 1 is 1.62 bits per heavy atom. The smallest absolute Gasteiger partial charge is 0.271 e. The number of pyridine rings is 1. The molecule has 1 unspecified atom stereocenters. The summed E-state index contributed by atoms with van der Waals surface area (Å²) in [5.74, 6) is -0.274. The van der Waals surface area contributed by atoms with Crippen LogP contribution in [0.3, 0.4) is 0 Å². The number of carbonyl (C=O) groups excluding carboxylic acids is 1. The first kappa shape index (κ1) is 10.6. The Labute approximate surface area is 92.7 Å². The van der Waals surface area contributed by atoms with E-state index in [9.17, 15) is 4.79 Å². The molecule has 0 aliphatic rings. The number of hydrogen-bond donors (Lipinski definition) is 2. The number of nitrogens with one attached hydrogen (secondary N) is 1. The molecule has 1 atom stereocenters. The average molecular weight is 219 g/mol. The van der Waals surface area contributed by atoms with E-state index in [1.165, 1.54) is 0 Å². The van der Waals surface area contributed by atoms with Crippen LogP contribution in [0.1, 0.15) is 17.4 Å². The molecular weight excluding hydrogens is 206 g/mol. The molecule has 0 aliphatic heterocycles. The van der Waals surface area contributed by atoms with Crippen LogP contribution in [0.15, 0.2) is 30.5 Å². The van der Waals surface area contributed by atoms with E-state index >= 15 is 0 Å². The van der Waals surface area contributed by atoms with Gasteiger partial charge in [-0.05, 0) is 25.1 Å². The van der Waals surface area contributed by atoms with Gasteiger partial charge in [0, 0.05) is 12.7 Å². The van der Waals surface area contributed by atoms with Gasteiger partial charge in [-0.15, -0.1) is 0 Å². The fourth-order valence-corrected chi connectivity index (χ4v) is 1.38. The molecular formula is C11H13N3O2. The lowest BCUT2D eigenvalue weighted by atomic mass is 10.3. The second-order valence-electron chi connectivity index (χ2n) is 3.66. The van der Waals surface area contributed by atoms with Crippen molar-refractivity contribution in [3.8, 4) is 0 Å². The van der Waals surface area contributed by atoms with Crippen LogP contribution in [0.25, 0.3) is 5.52 Å². The van der Waals surface area contributed by atoms with E-state index in [0.29, 0.717) is 5.69 Å². The number of aliphatic hydroxyl groups is 1. The number of fused-ring (bicyclic) bond motifs is 1. The quantitative estimate of drug-likeness (QED) is 0.787. The van der Waals surface area contributed by atoms with Crippen molar-refractivity contribution in [1.29, 1.82) is 0 Å². The van der Waals surface area contributed by atoms with Crippen molar-refractivity contribution >= 4 is 11.4 Å². The molecule has 1 amide bonds. The molecule has 2 rings (SSSR count). The van der Waals surface area contributed by atoms with Crippen molar-refractivity contribution in [2.45, 2.75) is 13.0 Å². The van der Waals surface area contributed by atoms with Crippen LogP contribution in [0.2, 0.25) is 0 Å². The van der Waals surface area contributed by atoms with Crippen molar-refractivity contribution in [1.82, 2.24) is 14.9 Å². The number of rotatable bonds is 3. The number of amides is 1. The van der Waals surface area contributed by atoms with Gasteiger partial charge in [-0.25, -0.2) is 4.52 Å². The van der Waals surface area contributed by atoms with Crippen LogP contribution in [0.5, 0.6) is 0 Å². The van der Waals surface area contributed by atoms with Crippen LogP contribution in [-0.2, 0) is 0 Å². The molecule has 0 bridgehead atoms. The zero-order valence-corrected chi connectivity index (χ0v) is 8.92. The van der Waals surface area contributed by atoms with Gasteiger partial charge in [0.25, 0.3) is 5.91 Å². The molecule has 5 heteroatoms. The molecule has 0 aliphatic carbocycles. The zero-order chi connectivity index (χ0) is 11.5. The van der Waals surface area contributed by atoms with E-state index in [0.717, 1.165) is 5.52 Å². The second kappa shape index (κ2) is 4.32. The second-order valence-corrected chi connectivity index (χ2v) is 3.66. The third-order valence-electron chi connectivity index (χ3n) is 2.16. The molecule has 0 radical (unpaired) electrons. The van der Waals surface area contributed by atoms with Gasteiger partial charge in [-0.3, -0.25) is 4.79 Å². The maximum absolute atomic E-state index is 11.6. The van der Waals surface area contributed by atoms with E-state index in [1.807, 2.05) is 18.2 Å². The summed E-state index contributed by atoms with van der Waals surface area (Å²) in [6.07, 6.45) is 1.22. The van der Waals surface area contributed by atoms with Crippen LogP contribution >= 0.6 is 0 Å². The molecule has 0 saturated carbocycles. The first-order chi connectivity index (χ1) is 7.66. The Hall–Kier alpha value is -1.88. The molecule has 5 nitrogen and oxygen atoms in total. The highest BCUT2D eigenvalue weighted by atomic mass is 16.3. The van der Waals surface area contributed by atoms with Crippen LogP contribution in [0.4, 0.5) is 0 Å². The standard InChI is InChI=1S/C11H13N3O2/c1-8(15)7-12-11(16)10-6-9-4-2-3-5-14(9)13-10/h2-6,8,15H,7H2,1H3,(H,12,16). The van der Waals surface area contributed by atoms with Gasteiger partial charge < -0.3 is 10.4 Å². The zero-order valence-electron chi connectivity index (χ0n) is 8.92. The summed E-state index contributed by atoms with van der Waals surface area (Å²) in [6.45, 7) is 1.84. The van der Waals surface area contributed by atoms with E-state index < -0.39 is 6.10 Å². The van der Waals surface area contributed by atoms with Crippen molar-refractivity contribution in [2.75, 3.05) is 6.54 Å². The molecule has 84 valence electrons. The van der Waals surface area contributed by atoms with Gasteiger partial charge in [-0.2, -0.15) is 5.10 Å². The third kappa shape index (κ3) is 2.20. The predicted octanol–water partition coefficient (Wildman–Crippen LogP) is 0.445. The Kier molecular flexibility index (Phi) is 2.87. The first-order valence-electron chi connectivity index (χ1n) is 5.07. The number of nitrogens with zero attached hydrogens (tertiary/aromatic N) is 2. The highest BCUT2D eigenvalue weighted by Gasteiger charge is 2.10. The summed E-state index contributed by atoms with van der Waals surface area (Å²) >= 11 is 0. The van der Waals surface area contributed by atoms with Gasteiger partial charge in [0.1, 0.15) is 0 Å². The normalized spacial score (nSPS) is 12.6. The molecule has 2 N–H and O–H groups in total. The molecule has 0 spiro atoms. The van der Waals surface area contributed by atoms with Crippen molar-refractivity contribution in [2.24, 2.45) is 0 Å². The Bertz CT molecular complexity index is 472. The first-order valence-corrected chi connectivity index (χ1v) is 5.07. The molecule has 0 saturated heterocycles. The molecule has 2 heterocycles. The minimum Gasteiger partial charge on any atom is -0.392 e. The van der Waals surface area contributed by atoms with Crippen molar-refractivity contribution < 1.29 is 9.90 Å². The highest BCUT2D eigenvalue weighted by molar-refractivity contribution is 5.93. The lowest BCUT2D eigenvalue weighted by molar-refractivity contribution is 0.0919. The van der Waals surface area contributed by atoms with E-state index in [4.69, 9.17) is 5.11 Å². The van der Waals surface area contributed by atoms with Gasteiger partial charge in [0.15, 0.2) is 5.69 Å². The predicted molar refractivity (Wildman–Crippen MR) is 59.2 cm³/mol. The number of aliphatic hydroxyl groups excluding tert-OH is 1. The van der Waals surface area contributed by atoms with Gasteiger partial charge in [0.05, 0.1) is 11.6 Å². The molecule has 2 aromatic rings. The van der Waals surface area contributed by atoms with Crippen LogP contribution in [0, 0.1) is 0 Å². The Morgan fingerprint density at radius 3 is 3.12 bits per heavy atom. The lowest BCUT2D eigenvalue weighted by Gasteiger charge is -2.04. The average Bonchev–Trinajstić information content (AvgIpc) is 2.69.